The minimum atomic E-state index is -3.52. The molecule has 0 saturated carbocycles. The predicted octanol–water partition coefficient (Wildman–Crippen LogP) is 3.03. The molecule has 3 aromatic rings. The van der Waals surface area contributed by atoms with Crippen molar-refractivity contribution in [3.63, 3.8) is 0 Å². The van der Waals surface area contributed by atoms with E-state index in [9.17, 15) is 18.0 Å². The molecule has 0 spiro atoms. The van der Waals surface area contributed by atoms with Crippen LogP contribution in [0.15, 0.2) is 58.2 Å². The number of imidazole rings is 1. The molecule has 170 valence electrons. The van der Waals surface area contributed by atoms with Gasteiger partial charge in [-0.05, 0) is 55.7 Å². The number of aryl methyl sites for hydroxylation is 1. The maximum Gasteiger partial charge on any atom is 0.329 e. The molecular weight excluding hydrogens is 428 g/mol. The Morgan fingerprint density at radius 1 is 0.938 bits per heavy atom. The van der Waals surface area contributed by atoms with E-state index in [1.807, 2.05) is 31.2 Å². The summed E-state index contributed by atoms with van der Waals surface area (Å²) in [6, 6.07) is 13.6. The number of carbonyl (C=O) groups excluding carboxylic acids is 1. The van der Waals surface area contributed by atoms with Crippen molar-refractivity contribution in [3.8, 4) is 0 Å². The summed E-state index contributed by atoms with van der Waals surface area (Å²) >= 11 is 0. The summed E-state index contributed by atoms with van der Waals surface area (Å²) in [4.78, 5) is 25.7. The van der Waals surface area contributed by atoms with Gasteiger partial charge in [-0.2, -0.15) is 4.31 Å². The maximum absolute atomic E-state index is 12.8. The van der Waals surface area contributed by atoms with Gasteiger partial charge in [-0.15, -0.1) is 0 Å². The fraction of sp³-hybridized carbons (Fsp3) is 0.391. The Morgan fingerprint density at radius 2 is 1.56 bits per heavy atom. The number of amides is 1. The Morgan fingerprint density at radius 3 is 2.19 bits per heavy atom. The van der Waals surface area contributed by atoms with E-state index in [4.69, 9.17) is 0 Å². The molecular formula is C23H28N4O4S. The van der Waals surface area contributed by atoms with Gasteiger partial charge in [0, 0.05) is 25.3 Å². The minimum absolute atomic E-state index is 0.121. The lowest BCUT2D eigenvalue weighted by Gasteiger charge is -2.25. The van der Waals surface area contributed by atoms with Crippen molar-refractivity contribution in [1.82, 2.24) is 13.4 Å². The lowest BCUT2D eigenvalue weighted by atomic mass is 10.2. The second kappa shape index (κ2) is 9.30. The Kier molecular flexibility index (Phi) is 6.48. The third-order valence-electron chi connectivity index (χ3n) is 5.76. The van der Waals surface area contributed by atoms with Crippen molar-refractivity contribution in [3.05, 3.63) is 59.0 Å². The van der Waals surface area contributed by atoms with Crippen LogP contribution in [-0.2, 0) is 27.9 Å². The van der Waals surface area contributed by atoms with Gasteiger partial charge < -0.3 is 5.32 Å². The molecule has 4 rings (SSSR count). The number of anilines is 1. The Hall–Kier alpha value is -2.91. The number of fused-ring (bicyclic) bond motifs is 1. The number of carbonyl (C=O) groups is 1. The van der Waals surface area contributed by atoms with Gasteiger partial charge in [0.05, 0.1) is 15.9 Å². The standard InChI is InChI=1S/C23H28N4O4S/c1-2-14-26-20-8-4-5-9-21(20)27(23(26)29)17-22(28)24-18-10-12-19(13-11-18)32(30,31)25-15-6-3-7-16-25/h4-5,8-13H,2-3,6-7,14-17H2,1H3,(H,24,28). The molecule has 1 amide bonds. The van der Waals surface area contributed by atoms with E-state index in [0.29, 0.717) is 30.8 Å². The number of aromatic nitrogens is 2. The average molecular weight is 457 g/mol. The molecule has 32 heavy (non-hydrogen) atoms. The quantitative estimate of drug-likeness (QED) is 0.591. The molecule has 8 nitrogen and oxygen atoms in total. The molecule has 2 aromatic carbocycles. The molecule has 1 aliphatic rings. The molecule has 1 aliphatic heterocycles. The van der Waals surface area contributed by atoms with Gasteiger partial charge in [0.1, 0.15) is 6.54 Å². The van der Waals surface area contributed by atoms with Crippen molar-refractivity contribution in [1.29, 1.82) is 0 Å². The minimum Gasteiger partial charge on any atom is -0.325 e. The van der Waals surface area contributed by atoms with Gasteiger partial charge in [-0.1, -0.05) is 25.5 Å². The van der Waals surface area contributed by atoms with E-state index in [2.05, 4.69) is 5.32 Å². The zero-order valence-electron chi connectivity index (χ0n) is 18.2. The third-order valence-corrected chi connectivity index (χ3v) is 7.68. The summed E-state index contributed by atoms with van der Waals surface area (Å²) in [6.45, 7) is 3.55. The summed E-state index contributed by atoms with van der Waals surface area (Å²) in [5, 5.41) is 2.77. The van der Waals surface area contributed by atoms with Crippen molar-refractivity contribution in [2.75, 3.05) is 18.4 Å². The SMILES string of the molecule is CCCn1c(=O)n(CC(=O)Nc2ccc(S(=O)(=O)N3CCCCC3)cc2)c2ccccc21. The molecule has 0 bridgehead atoms. The molecule has 0 aliphatic carbocycles. The summed E-state index contributed by atoms with van der Waals surface area (Å²) < 4.78 is 30.2. The van der Waals surface area contributed by atoms with Gasteiger partial charge in [0.15, 0.2) is 0 Å². The molecule has 1 fully saturated rings. The molecule has 1 N–H and O–H groups in total. The van der Waals surface area contributed by atoms with Crippen LogP contribution in [0.3, 0.4) is 0 Å². The number of benzene rings is 2. The first-order chi connectivity index (χ1) is 15.4. The Bertz CT molecular complexity index is 1270. The van der Waals surface area contributed by atoms with E-state index in [1.165, 1.54) is 21.0 Å². The van der Waals surface area contributed by atoms with Gasteiger partial charge in [-0.3, -0.25) is 13.9 Å². The predicted molar refractivity (Wildman–Crippen MR) is 124 cm³/mol. The number of nitrogens with zero attached hydrogens (tertiary/aromatic N) is 3. The molecule has 0 atom stereocenters. The van der Waals surface area contributed by atoms with Crippen LogP contribution in [0, 0.1) is 0 Å². The van der Waals surface area contributed by atoms with Crippen molar-refractivity contribution < 1.29 is 13.2 Å². The summed E-state index contributed by atoms with van der Waals surface area (Å²) in [6.07, 6.45) is 3.62. The molecule has 2 heterocycles. The van der Waals surface area contributed by atoms with Crippen molar-refractivity contribution in [2.24, 2.45) is 0 Å². The monoisotopic (exact) mass is 456 g/mol. The zero-order chi connectivity index (χ0) is 22.7. The van der Waals surface area contributed by atoms with Crippen LogP contribution in [0.5, 0.6) is 0 Å². The molecule has 9 heteroatoms. The average Bonchev–Trinajstić information content (AvgIpc) is 3.06. The van der Waals surface area contributed by atoms with Gasteiger partial charge in [-0.25, -0.2) is 13.2 Å². The zero-order valence-corrected chi connectivity index (χ0v) is 19.0. The maximum atomic E-state index is 12.8. The lowest BCUT2D eigenvalue weighted by Crippen LogP contribution is -2.35. The molecule has 1 saturated heterocycles. The Balaban J connectivity index is 1.50. The Labute approximate surface area is 187 Å². The van der Waals surface area contributed by atoms with Crippen molar-refractivity contribution >= 4 is 32.7 Å². The van der Waals surface area contributed by atoms with Crippen LogP contribution in [0.2, 0.25) is 0 Å². The highest BCUT2D eigenvalue weighted by Crippen LogP contribution is 2.22. The number of hydrogen-bond donors (Lipinski definition) is 1. The van der Waals surface area contributed by atoms with Crippen LogP contribution in [0.4, 0.5) is 5.69 Å². The van der Waals surface area contributed by atoms with E-state index in [0.717, 1.165) is 31.2 Å². The molecule has 1 aromatic heterocycles. The number of piperidine rings is 1. The van der Waals surface area contributed by atoms with Gasteiger partial charge in [0.25, 0.3) is 0 Å². The highest BCUT2D eigenvalue weighted by Gasteiger charge is 2.25. The highest BCUT2D eigenvalue weighted by molar-refractivity contribution is 7.89. The topological polar surface area (TPSA) is 93.4 Å². The van der Waals surface area contributed by atoms with Gasteiger partial charge >= 0.3 is 5.69 Å². The summed E-state index contributed by atoms with van der Waals surface area (Å²) in [5.41, 5.74) is 1.78. The van der Waals surface area contributed by atoms with Crippen LogP contribution >= 0.6 is 0 Å². The smallest absolute Gasteiger partial charge is 0.325 e. The summed E-state index contributed by atoms with van der Waals surface area (Å²) in [5.74, 6) is -0.349. The van der Waals surface area contributed by atoms with E-state index in [-0.39, 0.29) is 23.0 Å². The number of para-hydroxylation sites is 2. The first kappa shape index (κ1) is 22.3. The van der Waals surface area contributed by atoms with E-state index in [1.54, 1.807) is 16.7 Å². The van der Waals surface area contributed by atoms with Crippen molar-refractivity contribution in [2.45, 2.75) is 50.6 Å². The highest BCUT2D eigenvalue weighted by atomic mass is 32.2. The van der Waals surface area contributed by atoms with Crippen LogP contribution in [0.25, 0.3) is 11.0 Å². The molecule has 0 unspecified atom stereocenters. The second-order valence-corrected chi connectivity index (χ2v) is 9.98. The van der Waals surface area contributed by atoms with E-state index >= 15 is 0 Å². The summed E-state index contributed by atoms with van der Waals surface area (Å²) in [7, 11) is -3.52. The number of nitrogens with one attached hydrogen (secondary N) is 1. The fourth-order valence-electron chi connectivity index (χ4n) is 4.17. The van der Waals surface area contributed by atoms with Crippen LogP contribution in [-0.4, -0.2) is 40.9 Å². The third kappa shape index (κ3) is 4.35. The fourth-order valence-corrected chi connectivity index (χ4v) is 5.69. The number of sulfonamides is 1. The first-order valence-corrected chi connectivity index (χ1v) is 12.4. The van der Waals surface area contributed by atoms with E-state index < -0.39 is 10.0 Å². The normalized spacial score (nSPS) is 15.2. The van der Waals surface area contributed by atoms with Gasteiger partial charge in [0.2, 0.25) is 15.9 Å². The number of hydrogen-bond acceptors (Lipinski definition) is 4. The van der Waals surface area contributed by atoms with Crippen LogP contribution < -0.4 is 11.0 Å². The second-order valence-electron chi connectivity index (χ2n) is 8.05. The lowest BCUT2D eigenvalue weighted by molar-refractivity contribution is -0.116. The first-order valence-electron chi connectivity index (χ1n) is 11.0. The largest absolute Gasteiger partial charge is 0.329 e. The molecule has 0 radical (unpaired) electrons. The van der Waals surface area contributed by atoms with Crippen LogP contribution in [0.1, 0.15) is 32.6 Å². The number of rotatable bonds is 7.